The van der Waals surface area contributed by atoms with Gasteiger partial charge in [0.05, 0.1) is 11.1 Å². The molecular weight excluding hydrogens is 382 g/mol. The third-order valence-corrected chi connectivity index (χ3v) is 5.64. The van der Waals surface area contributed by atoms with Gasteiger partial charge in [-0.05, 0) is 75.9 Å². The van der Waals surface area contributed by atoms with Crippen LogP contribution in [-0.2, 0) is 16.1 Å². The van der Waals surface area contributed by atoms with E-state index in [0.717, 1.165) is 32.7 Å². The Morgan fingerprint density at radius 3 is 2.23 bits per heavy atom. The van der Waals surface area contributed by atoms with Gasteiger partial charge >= 0.3 is 5.97 Å². The fraction of sp³-hybridized carbons (Fsp3) is 0.333. The number of fused-ring (bicyclic) bond motifs is 1. The van der Waals surface area contributed by atoms with Crippen LogP contribution in [0.3, 0.4) is 0 Å². The van der Waals surface area contributed by atoms with Gasteiger partial charge in [0.25, 0.3) is 11.8 Å². The Balaban J connectivity index is 1.80. The van der Waals surface area contributed by atoms with Gasteiger partial charge in [-0.2, -0.15) is 0 Å². The van der Waals surface area contributed by atoms with Crippen molar-refractivity contribution >= 4 is 23.6 Å². The molecule has 0 fully saturated rings. The molecule has 0 spiro atoms. The summed E-state index contributed by atoms with van der Waals surface area (Å²) in [5, 5.41) is 0. The molecule has 3 rings (SSSR count). The van der Waals surface area contributed by atoms with E-state index in [9.17, 15) is 19.2 Å². The van der Waals surface area contributed by atoms with Crippen LogP contribution >= 0.6 is 0 Å². The molecule has 2 aromatic rings. The van der Waals surface area contributed by atoms with Crippen LogP contribution in [-0.4, -0.2) is 34.5 Å². The molecule has 1 aliphatic heterocycles. The molecule has 1 aliphatic rings. The van der Waals surface area contributed by atoms with Crippen LogP contribution in [0.5, 0.6) is 0 Å². The van der Waals surface area contributed by atoms with Crippen molar-refractivity contribution in [3.05, 3.63) is 68.8 Å². The standard InChI is InChI=1S/C24H25NO5/c1-12-7-8-18-19(9-12)23(28)25(22(18)27)16(5)24(29)30-11-20-13(2)10-14(3)21(15(20)4)17(6)26/h7-10,16H,11H2,1-6H3. The van der Waals surface area contributed by atoms with Crippen molar-refractivity contribution in [2.75, 3.05) is 0 Å². The van der Waals surface area contributed by atoms with Crippen molar-refractivity contribution in [3.8, 4) is 0 Å². The highest BCUT2D eigenvalue weighted by Gasteiger charge is 2.41. The van der Waals surface area contributed by atoms with E-state index in [1.165, 1.54) is 13.8 Å². The predicted molar refractivity (Wildman–Crippen MR) is 112 cm³/mol. The molecule has 6 nitrogen and oxygen atoms in total. The number of ketones is 1. The third kappa shape index (κ3) is 3.54. The molecule has 30 heavy (non-hydrogen) atoms. The number of hydrogen-bond acceptors (Lipinski definition) is 5. The van der Waals surface area contributed by atoms with Crippen LogP contribution in [0, 0.1) is 27.7 Å². The van der Waals surface area contributed by atoms with Gasteiger partial charge in [-0.25, -0.2) is 4.79 Å². The van der Waals surface area contributed by atoms with E-state index in [1.54, 1.807) is 18.2 Å². The maximum Gasteiger partial charge on any atom is 0.329 e. The molecule has 156 valence electrons. The lowest BCUT2D eigenvalue weighted by Gasteiger charge is -2.22. The molecule has 0 aromatic heterocycles. The Hall–Kier alpha value is -3.28. The molecule has 0 saturated heterocycles. The first-order valence-electron chi connectivity index (χ1n) is 9.80. The summed E-state index contributed by atoms with van der Waals surface area (Å²) in [4.78, 5) is 51.0. The smallest absolute Gasteiger partial charge is 0.329 e. The first-order valence-corrected chi connectivity index (χ1v) is 9.80. The lowest BCUT2D eigenvalue weighted by atomic mass is 9.92. The summed E-state index contributed by atoms with van der Waals surface area (Å²) in [7, 11) is 0. The van der Waals surface area contributed by atoms with E-state index in [0.29, 0.717) is 16.7 Å². The molecule has 0 bridgehead atoms. The molecule has 0 N–H and O–H groups in total. The summed E-state index contributed by atoms with van der Waals surface area (Å²) < 4.78 is 5.46. The van der Waals surface area contributed by atoms with E-state index in [2.05, 4.69) is 0 Å². The number of esters is 1. The minimum absolute atomic E-state index is 0.0380. The third-order valence-electron chi connectivity index (χ3n) is 5.64. The van der Waals surface area contributed by atoms with Gasteiger partial charge in [0.1, 0.15) is 12.6 Å². The van der Waals surface area contributed by atoms with Crippen molar-refractivity contribution in [1.82, 2.24) is 4.90 Å². The molecule has 0 radical (unpaired) electrons. The van der Waals surface area contributed by atoms with E-state index >= 15 is 0 Å². The Kier molecular flexibility index (Phi) is 5.61. The van der Waals surface area contributed by atoms with Crippen molar-refractivity contribution in [1.29, 1.82) is 0 Å². The van der Waals surface area contributed by atoms with Crippen LogP contribution in [0.1, 0.15) is 72.7 Å². The number of amides is 2. The summed E-state index contributed by atoms with van der Waals surface area (Å²) in [6.07, 6.45) is 0. The van der Waals surface area contributed by atoms with E-state index in [4.69, 9.17) is 4.74 Å². The highest BCUT2D eigenvalue weighted by molar-refractivity contribution is 6.22. The summed E-state index contributed by atoms with van der Waals surface area (Å²) in [5.74, 6) is -1.72. The number of nitrogens with zero attached hydrogens (tertiary/aromatic N) is 1. The van der Waals surface area contributed by atoms with Gasteiger partial charge in [0, 0.05) is 5.56 Å². The minimum Gasteiger partial charge on any atom is -0.459 e. The average Bonchev–Trinajstić information content (AvgIpc) is 2.90. The average molecular weight is 407 g/mol. The maximum atomic E-state index is 12.7. The zero-order chi connectivity index (χ0) is 22.3. The summed E-state index contributed by atoms with van der Waals surface area (Å²) in [6, 6.07) is 5.84. The zero-order valence-electron chi connectivity index (χ0n) is 18.1. The summed E-state index contributed by atoms with van der Waals surface area (Å²) in [5.41, 5.74) is 5.39. The second kappa shape index (κ2) is 7.86. The molecule has 0 saturated carbocycles. The molecule has 1 heterocycles. The van der Waals surface area contributed by atoms with Gasteiger partial charge in [-0.1, -0.05) is 17.7 Å². The zero-order valence-corrected chi connectivity index (χ0v) is 18.1. The van der Waals surface area contributed by atoms with Gasteiger partial charge in [-0.15, -0.1) is 0 Å². The monoisotopic (exact) mass is 407 g/mol. The second-order valence-electron chi connectivity index (χ2n) is 7.86. The highest BCUT2D eigenvalue weighted by atomic mass is 16.5. The van der Waals surface area contributed by atoms with Crippen LogP contribution < -0.4 is 0 Å². The fourth-order valence-corrected chi connectivity index (χ4v) is 4.08. The number of imide groups is 1. The van der Waals surface area contributed by atoms with Gasteiger partial charge in [0.2, 0.25) is 0 Å². The summed E-state index contributed by atoms with van der Waals surface area (Å²) >= 11 is 0. The minimum atomic E-state index is -1.06. The first-order chi connectivity index (χ1) is 14.0. The number of carbonyl (C=O) groups is 4. The van der Waals surface area contributed by atoms with Gasteiger partial charge in [-0.3, -0.25) is 19.3 Å². The van der Waals surface area contributed by atoms with Crippen molar-refractivity contribution in [3.63, 3.8) is 0 Å². The Morgan fingerprint density at radius 2 is 1.60 bits per heavy atom. The van der Waals surface area contributed by atoms with Crippen molar-refractivity contribution in [2.24, 2.45) is 0 Å². The number of ether oxygens (including phenoxy) is 1. The molecule has 0 aliphatic carbocycles. The molecule has 1 atom stereocenters. The van der Waals surface area contributed by atoms with E-state index in [-0.39, 0.29) is 12.4 Å². The van der Waals surface area contributed by atoms with Gasteiger partial charge < -0.3 is 4.74 Å². The first kappa shape index (κ1) is 21.4. The molecule has 2 aromatic carbocycles. The SMILES string of the molecule is CC(=O)c1c(C)cc(C)c(COC(=O)C(C)N2C(=O)c3ccc(C)cc3C2=O)c1C. The quantitative estimate of drug-likeness (QED) is 0.427. The number of carbonyl (C=O) groups excluding carboxylic acids is 4. The maximum absolute atomic E-state index is 12.7. The number of hydrogen-bond donors (Lipinski definition) is 0. The van der Waals surface area contributed by atoms with Crippen LogP contribution in [0.4, 0.5) is 0 Å². The summed E-state index contributed by atoms with van der Waals surface area (Å²) in [6.45, 7) is 10.4. The molecule has 1 unspecified atom stereocenters. The second-order valence-corrected chi connectivity index (χ2v) is 7.86. The van der Waals surface area contributed by atoms with E-state index < -0.39 is 23.8 Å². The van der Waals surface area contributed by atoms with Crippen molar-refractivity contribution < 1.29 is 23.9 Å². The number of Topliss-reactive ketones (excluding diaryl/α,β-unsaturated/α-hetero) is 1. The predicted octanol–water partition coefficient (Wildman–Crippen LogP) is 3.85. The van der Waals surface area contributed by atoms with Gasteiger partial charge in [0.15, 0.2) is 5.78 Å². The Morgan fingerprint density at radius 1 is 0.967 bits per heavy atom. The van der Waals surface area contributed by atoms with Crippen LogP contribution in [0.15, 0.2) is 24.3 Å². The topological polar surface area (TPSA) is 80.8 Å². The number of benzene rings is 2. The number of rotatable bonds is 5. The largest absolute Gasteiger partial charge is 0.459 e. The normalized spacial score (nSPS) is 14.0. The highest BCUT2D eigenvalue weighted by Crippen LogP contribution is 2.27. The Labute approximate surface area is 175 Å². The van der Waals surface area contributed by atoms with Crippen LogP contribution in [0.25, 0.3) is 0 Å². The van der Waals surface area contributed by atoms with Crippen molar-refractivity contribution in [2.45, 2.75) is 54.2 Å². The van der Waals surface area contributed by atoms with Crippen LogP contribution in [0.2, 0.25) is 0 Å². The molecule has 2 amide bonds. The lowest BCUT2D eigenvalue weighted by molar-refractivity contribution is -0.149. The molecular formula is C24H25NO5. The lowest BCUT2D eigenvalue weighted by Crippen LogP contribution is -2.43. The van der Waals surface area contributed by atoms with E-state index in [1.807, 2.05) is 33.8 Å². The Bertz CT molecular complexity index is 1100. The number of aryl methyl sites for hydroxylation is 3. The molecule has 6 heteroatoms. The fourth-order valence-electron chi connectivity index (χ4n) is 4.08.